The van der Waals surface area contributed by atoms with Gasteiger partial charge in [-0.2, -0.15) is 0 Å². The van der Waals surface area contributed by atoms with Crippen LogP contribution in [0.15, 0.2) is 66.7 Å². The second-order valence-electron chi connectivity index (χ2n) is 8.43. The summed E-state index contributed by atoms with van der Waals surface area (Å²) in [7, 11) is 1.61. The van der Waals surface area contributed by atoms with Gasteiger partial charge in [-0.25, -0.2) is 0 Å². The van der Waals surface area contributed by atoms with Crippen LogP contribution in [0, 0.1) is 11.8 Å². The van der Waals surface area contributed by atoms with Gasteiger partial charge in [-0.1, -0.05) is 60.7 Å². The molecule has 31 heavy (non-hydrogen) atoms. The Kier molecular flexibility index (Phi) is 5.02. The molecule has 0 saturated carbocycles. The summed E-state index contributed by atoms with van der Waals surface area (Å²) in [6.45, 7) is 1.48. The molecule has 3 unspecified atom stereocenters. The Labute approximate surface area is 181 Å². The van der Waals surface area contributed by atoms with Crippen molar-refractivity contribution >= 4 is 11.8 Å². The summed E-state index contributed by atoms with van der Waals surface area (Å²) in [6.07, 6.45) is 4.38. The highest BCUT2D eigenvalue weighted by atomic mass is 16.5. The van der Waals surface area contributed by atoms with Gasteiger partial charge in [-0.05, 0) is 18.1 Å². The minimum absolute atomic E-state index is 0.0141. The van der Waals surface area contributed by atoms with Crippen LogP contribution < -0.4 is 10.1 Å². The molecular weight excluding hydrogens is 392 g/mol. The predicted molar refractivity (Wildman–Crippen MR) is 115 cm³/mol. The molecule has 2 amide bonds. The molecule has 2 fully saturated rings. The van der Waals surface area contributed by atoms with Crippen molar-refractivity contribution in [2.24, 2.45) is 11.8 Å². The summed E-state index contributed by atoms with van der Waals surface area (Å²) in [5.74, 6) is -0.372. The van der Waals surface area contributed by atoms with E-state index in [4.69, 9.17) is 9.47 Å². The number of carbonyl (C=O) groups excluding carboxylic acids is 2. The van der Waals surface area contributed by atoms with Gasteiger partial charge in [-0.15, -0.1) is 0 Å². The van der Waals surface area contributed by atoms with Gasteiger partial charge in [0.25, 0.3) is 0 Å². The molecule has 6 heteroatoms. The summed E-state index contributed by atoms with van der Waals surface area (Å²) in [4.78, 5) is 28.3. The molecule has 2 bridgehead atoms. The van der Waals surface area contributed by atoms with Crippen molar-refractivity contribution < 1.29 is 19.1 Å². The number of fused-ring (bicyclic) bond motifs is 1. The lowest BCUT2D eigenvalue weighted by atomic mass is 9.77. The average molecular weight is 418 g/mol. The second kappa shape index (κ2) is 7.85. The third-order valence-electron chi connectivity index (χ3n) is 6.64. The first-order valence-electron chi connectivity index (χ1n) is 10.7. The molecule has 5 rings (SSSR count). The van der Waals surface area contributed by atoms with Crippen LogP contribution in [-0.2, 0) is 27.3 Å². The average Bonchev–Trinajstić information content (AvgIpc) is 3.45. The lowest BCUT2D eigenvalue weighted by Gasteiger charge is -2.23. The molecule has 1 N–H and O–H groups in total. The van der Waals surface area contributed by atoms with Gasteiger partial charge in [0.05, 0.1) is 31.6 Å². The van der Waals surface area contributed by atoms with Crippen LogP contribution in [0.5, 0.6) is 5.75 Å². The zero-order valence-electron chi connectivity index (χ0n) is 17.5. The maximum atomic E-state index is 13.3. The van der Waals surface area contributed by atoms with Crippen molar-refractivity contribution in [2.75, 3.05) is 20.2 Å². The largest absolute Gasteiger partial charge is 0.496 e. The Balaban J connectivity index is 1.28. The quantitative estimate of drug-likeness (QED) is 0.701. The van der Waals surface area contributed by atoms with Gasteiger partial charge in [0.2, 0.25) is 11.8 Å². The zero-order valence-corrected chi connectivity index (χ0v) is 17.5. The highest BCUT2D eigenvalue weighted by molar-refractivity contribution is 5.93. The van der Waals surface area contributed by atoms with E-state index in [0.717, 1.165) is 17.7 Å². The first kappa shape index (κ1) is 19.8. The Bertz CT molecular complexity index is 1020. The number of nitrogens with zero attached hydrogens (tertiary/aromatic N) is 1. The number of amides is 2. The fourth-order valence-corrected chi connectivity index (χ4v) is 5.12. The summed E-state index contributed by atoms with van der Waals surface area (Å²) in [6, 6.07) is 17.7. The van der Waals surface area contributed by atoms with E-state index in [0.29, 0.717) is 19.6 Å². The zero-order chi connectivity index (χ0) is 21.4. The van der Waals surface area contributed by atoms with Crippen molar-refractivity contribution in [1.82, 2.24) is 10.2 Å². The molecule has 2 saturated heterocycles. The number of benzene rings is 2. The Morgan fingerprint density at radius 2 is 1.97 bits per heavy atom. The molecule has 3 aliphatic rings. The fraction of sp³-hybridized carbons (Fsp3) is 0.360. The van der Waals surface area contributed by atoms with Crippen LogP contribution in [-0.4, -0.2) is 48.6 Å². The van der Waals surface area contributed by atoms with E-state index in [9.17, 15) is 9.59 Å². The van der Waals surface area contributed by atoms with Crippen molar-refractivity contribution in [3.05, 3.63) is 77.9 Å². The van der Waals surface area contributed by atoms with Crippen molar-refractivity contribution in [3.63, 3.8) is 0 Å². The molecular formula is C25H26N2O4. The molecule has 3 heterocycles. The van der Waals surface area contributed by atoms with E-state index in [1.807, 2.05) is 59.5 Å². The second-order valence-corrected chi connectivity index (χ2v) is 8.43. The normalized spacial score (nSPS) is 28.1. The highest BCUT2D eigenvalue weighted by Gasteiger charge is 2.66. The number of methoxy groups -OCH3 is 1. The van der Waals surface area contributed by atoms with Gasteiger partial charge in [-0.3, -0.25) is 9.59 Å². The summed E-state index contributed by atoms with van der Waals surface area (Å²) in [5.41, 5.74) is 1.41. The lowest BCUT2D eigenvalue weighted by Crippen LogP contribution is -2.44. The number of hydrogen-bond acceptors (Lipinski definition) is 4. The standard InChI is InChI=1S/C25H26N2O4/c1-30-19-10-6-5-9-18(19)15-26-23(28)21-20-11-13-25(31-20)16-27(24(29)22(21)25)14-12-17-7-3-2-4-8-17/h2-11,13,20-22H,12,14-16H2,1H3,(H,26,28)/t20-,21?,22?,25?/m0/s1. The predicted octanol–water partition coefficient (Wildman–Crippen LogP) is 2.34. The first-order valence-corrected chi connectivity index (χ1v) is 10.7. The molecule has 0 aliphatic carbocycles. The van der Waals surface area contributed by atoms with Crippen molar-refractivity contribution in [1.29, 1.82) is 0 Å². The molecule has 1 spiro atoms. The molecule has 4 atom stereocenters. The number of carbonyl (C=O) groups is 2. The summed E-state index contributed by atoms with van der Waals surface area (Å²) < 4.78 is 11.6. The summed E-state index contributed by atoms with van der Waals surface area (Å²) >= 11 is 0. The Hall–Kier alpha value is -3.12. The van der Waals surface area contributed by atoms with Crippen LogP contribution in [0.1, 0.15) is 11.1 Å². The number of likely N-dealkylation sites (tertiary alicyclic amines) is 1. The molecule has 6 nitrogen and oxygen atoms in total. The van der Waals surface area contributed by atoms with Crippen LogP contribution in [0.4, 0.5) is 0 Å². The topological polar surface area (TPSA) is 67.9 Å². The molecule has 0 aromatic heterocycles. The number of para-hydroxylation sites is 1. The van der Waals surface area contributed by atoms with Gasteiger partial charge in [0.1, 0.15) is 11.4 Å². The highest BCUT2D eigenvalue weighted by Crippen LogP contribution is 2.51. The van der Waals surface area contributed by atoms with Gasteiger partial charge < -0.3 is 19.7 Å². The van der Waals surface area contributed by atoms with E-state index >= 15 is 0 Å². The van der Waals surface area contributed by atoms with Gasteiger partial charge >= 0.3 is 0 Å². The molecule has 3 aliphatic heterocycles. The third kappa shape index (κ3) is 3.41. The van der Waals surface area contributed by atoms with E-state index in [1.54, 1.807) is 7.11 Å². The van der Waals surface area contributed by atoms with Crippen LogP contribution >= 0.6 is 0 Å². The minimum atomic E-state index is -0.676. The van der Waals surface area contributed by atoms with Gasteiger partial charge in [0.15, 0.2) is 0 Å². The molecule has 2 aromatic carbocycles. The number of rotatable bonds is 7. The maximum absolute atomic E-state index is 13.3. The number of nitrogens with one attached hydrogen (secondary N) is 1. The number of ether oxygens (including phenoxy) is 2. The van der Waals surface area contributed by atoms with E-state index in [1.165, 1.54) is 5.56 Å². The molecule has 2 aromatic rings. The van der Waals surface area contributed by atoms with E-state index < -0.39 is 17.4 Å². The first-order chi connectivity index (χ1) is 15.1. The summed E-state index contributed by atoms with van der Waals surface area (Å²) in [5, 5.41) is 3.00. The molecule has 160 valence electrons. The third-order valence-corrected chi connectivity index (χ3v) is 6.64. The smallest absolute Gasteiger partial charge is 0.230 e. The van der Waals surface area contributed by atoms with Crippen LogP contribution in [0.2, 0.25) is 0 Å². The number of hydrogen-bond donors (Lipinski definition) is 1. The van der Waals surface area contributed by atoms with Crippen LogP contribution in [0.3, 0.4) is 0 Å². The lowest BCUT2D eigenvalue weighted by molar-refractivity contribution is -0.137. The molecule has 0 radical (unpaired) electrons. The van der Waals surface area contributed by atoms with Gasteiger partial charge in [0, 0.05) is 18.7 Å². The maximum Gasteiger partial charge on any atom is 0.230 e. The monoisotopic (exact) mass is 418 g/mol. The SMILES string of the molecule is COc1ccccc1CNC(=O)C1C2C(=O)N(CCc3ccccc3)CC23C=C[C@@H]1O3. The van der Waals surface area contributed by atoms with Crippen molar-refractivity contribution in [3.8, 4) is 5.75 Å². The Morgan fingerprint density at radius 3 is 2.77 bits per heavy atom. The van der Waals surface area contributed by atoms with E-state index in [-0.39, 0.29) is 17.9 Å². The Morgan fingerprint density at radius 1 is 1.19 bits per heavy atom. The fourth-order valence-electron chi connectivity index (χ4n) is 5.12. The van der Waals surface area contributed by atoms with Crippen LogP contribution in [0.25, 0.3) is 0 Å². The minimum Gasteiger partial charge on any atom is -0.496 e. The van der Waals surface area contributed by atoms with E-state index in [2.05, 4.69) is 17.4 Å². The van der Waals surface area contributed by atoms with Crippen molar-refractivity contribution in [2.45, 2.75) is 24.7 Å².